The highest BCUT2D eigenvalue weighted by Gasteiger charge is 2.39. The first-order valence-electron chi connectivity index (χ1n) is 11.1. The van der Waals surface area contributed by atoms with Gasteiger partial charge in [0.15, 0.2) is 0 Å². The van der Waals surface area contributed by atoms with Crippen LogP contribution in [0.15, 0.2) is 39.9 Å². The van der Waals surface area contributed by atoms with Gasteiger partial charge in [-0.05, 0) is 36.8 Å². The molecule has 1 atom stereocenters. The number of rotatable bonds is 2. The number of nitrogens with zero attached hydrogens (tertiary/aromatic N) is 3. The summed E-state index contributed by atoms with van der Waals surface area (Å²) in [4.78, 5) is 44.0. The fourth-order valence-corrected chi connectivity index (χ4v) is 5.52. The summed E-state index contributed by atoms with van der Waals surface area (Å²) < 4.78 is 2.32. The predicted octanol–water partition coefficient (Wildman–Crippen LogP) is 2.89. The van der Waals surface area contributed by atoms with Crippen LogP contribution in [0.1, 0.15) is 59.9 Å². The Morgan fingerprint density at radius 1 is 1.03 bits per heavy atom. The first kappa shape index (κ1) is 19.8. The number of hydrogen-bond acceptors (Lipinski definition) is 3. The van der Waals surface area contributed by atoms with Gasteiger partial charge in [0.1, 0.15) is 5.69 Å². The number of nitrogens with one attached hydrogen (secondary N) is 1. The summed E-state index contributed by atoms with van der Waals surface area (Å²) in [5, 5.41) is 1.23. The molecule has 31 heavy (non-hydrogen) atoms. The summed E-state index contributed by atoms with van der Waals surface area (Å²) in [6.07, 6.45) is 6.50. The fraction of sp³-hybridized carbons (Fsp3) is 0.458. The van der Waals surface area contributed by atoms with Crippen LogP contribution in [0, 0.1) is 5.92 Å². The van der Waals surface area contributed by atoms with E-state index in [4.69, 9.17) is 0 Å². The summed E-state index contributed by atoms with van der Waals surface area (Å²) in [7, 11) is 2.99. The molecule has 1 amide bonds. The molecule has 0 spiro atoms. The third kappa shape index (κ3) is 3.14. The van der Waals surface area contributed by atoms with E-state index in [-0.39, 0.29) is 17.6 Å². The molecule has 5 rings (SSSR count). The van der Waals surface area contributed by atoms with E-state index in [9.17, 15) is 14.4 Å². The normalized spacial score (nSPS) is 19.5. The Morgan fingerprint density at radius 2 is 1.77 bits per heavy atom. The van der Waals surface area contributed by atoms with Gasteiger partial charge in [0.05, 0.1) is 6.04 Å². The van der Waals surface area contributed by atoms with Crippen LogP contribution in [0.25, 0.3) is 10.9 Å². The Kier molecular flexibility index (Phi) is 4.84. The highest BCUT2D eigenvalue weighted by atomic mass is 16.2. The third-order valence-corrected chi connectivity index (χ3v) is 7.18. The van der Waals surface area contributed by atoms with Crippen LogP contribution in [0.3, 0.4) is 0 Å². The SMILES string of the molecule is Cn1c(C(=O)N2CCc3c([nH]c4ccccc34)C2C2CCCCC2)cc(=O)n(C)c1=O. The zero-order valence-electron chi connectivity index (χ0n) is 18.1. The van der Waals surface area contributed by atoms with Crippen LogP contribution in [0.5, 0.6) is 0 Å². The Labute approximate surface area is 180 Å². The van der Waals surface area contributed by atoms with Crippen molar-refractivity contribution in [3.8, 4) is 0 Å². The van der Waals surface area contributed by atoms with Crippen molar-refractivity contribution in [2.24, 2.45) is 20.0 Å². The second-order valence-corrected chi connectivity index (χ2v) is 8.92. The monoisotopic (exact) mass is 420 g/mol. The maximum Gasteiger partial charge on any atom is 0.331 e. The van der Waals surface area contributed by atoms with Crippen LogP contribution < -0.4 is 11.2 Å². The Hall–Kier alpha value is -3.09. The highest BCUT2D eigenvalue weighted by Crippen LogP contribution is 2.44. The summed E-state index contributed by atoms with van der Waals surface area (Å²) in [6.45, 7) is 0.582. The maximum atomic E-state index is 13.7. The summed E-state index contributed by atoms with van der Waals surface area (Å²) in [6, 6.07) is 9.54. The van der Waals surface area contributed by atoms with Gasteiger partial charge in [-0.3, -0.25) is 18.7 Å². The number of carbonyl (C=O) groups excluding carboxylic acids is 1. The predicted molar refractivity (Wildman–Crippen MR) is 119 cm³/mol. The van der Waals surface area contributed by atoms with Crippen molar-refractivity contribution in [2.45, 2.75) is 44.6 Å². The molecule has 7 heteroatoms. The zero-order chi connectivity index (χ0) is 21.7. The van der Waals surface area contributed by atoms with Crippen LogP contribution in [0.4, 0.5) is 0 Å². The minimum absolute atomic E-state index is 0.0666. The first-order valence-corrected chi connectivity index (χ1v) is 11.1. The van der Waals surface area contributed by atoms with Crippen molar-refractivity contribution in [2.75, 3.05) is 6.54 Å². The molecule has 162 valence electrons. The van der Waals surface area contributed by atoms with Crippen LogP contribution >= 0.6 is 0 Å². The number of para-hydroxylation sites is 1. The van der Waals surface area contributed by atoms with E-state index in [1.165, 1.54) is 47.9 Å². The lowest BCUT2D eigenvalue weighted by Crippen LogP contribution is -2.47. The molecule has 1 unspecified atom stereocenters. The Morgan fingerprint density at radius 3 is 2.55 bits per heavy atom. The second kappa shape index (κ2) is 7.55. The van der Waals surface area contributed by atoms with E-state index in [1.54, 1.807) is 7.05 Å². The number of fused-ring (bicyclic) bond motifs is 3. The van der Waals surface area contributed by atoms with Gasteiger partial charge in [-0.25, -0.2) is 4.79 Å². The molecule has 1 fully saturated rings. The van der Waals surface area contributed by atoms with Gasteiger partial charge in [0.2, 0.25) is 0 Å². The highest BCUT2D eigenvalue weighted by molar-refractivity contribution is 5.93. The number of amides is 1. The number of aromatic amines is 1. The minimum atomic E-state index is -0.478. The van der Waals surface area contributed by atoms with Gasteiger partial charge in [0.25, 0.3) is 11.5 Å². The Bertz CT molecular complexity index is 1280. The molecule has 1 N–H and O–H groups in total. The van der Waals surface area contributed by atoms with E-state index in [2.05, 4.69) is 23.2 Å². The minimum Gasteiger partial charge on any atom is -0.356 e. The molecule has 2 aromatic heterocycles. The van der Waals surface area contributed by atoms with E-state index in [0.717, 1.165) is 35.0 Å². The largest absolute Gasteiger partial charge is 0.356 e. The summed E-state index contributed by atoms with van der Waals surface area (Å²) >= 11 is 0. The average molecular weight is 421 g/mol. The van der Waals surface area contributed by atoms with Crippen molar-refractivity contribution in [3.05, 3.63) is 68.1 Å². The summed E-state index contributed by atoms with van der Waals surface area (Å²) in [5.41, 5.74) is 2.75. The standard InChI is InChI=1S/C24H28N4O3/c1-26-19(14-20(29)27(2)24(26)31)23(30)28-13-12-17-16-10-6-7-11-18(16)25-21(17)22(28)15-8-4-3-5-9-15/h6-7,10-11,14-15,22,25H,3-5,8-9,12-13H2,1-2H3. The van der Waals surface area contributed by atoms with Crippen molar-refractivity contribution in [1.82, 2.24) is 19.0 Å². The van der Waals surface area contributed by atoms with Gasteiger partial charge in [-0.1, -0.05) is 37.5 Å². The molecule has 7 nitrogen and oxygen atoms in total. The number of H-pyrrole nitrogens is 1. The topological polar surface area (TPSA) is 80.1 Å². The third-order valence-electron chi connectivity index (χ3n) is 7.18. The molecule has 0 bridgehead atoms. The van der Waals surface area contributed by atoms with E-state index in [1.807, 2.05) is 11.0 Å². The molecule has 2 aliphatic rings. The van der Waals surface area contributed by atoms with Gasteiger partial charge in [-0.15, -0.1) is 0 Å². The number of hydrogen-bond donors (Lipinski definition) is 1. The zero-order valence-corrected chi connectivity index (χ0v) is 18.1. The van der Waals surface area contributed by atoms with E-state index in [0.29, 0.717) is 12.5 Å². The van der Waals surface area contributed by atoms with Crippen LogP contribution in [-0.4, -0.2) is 31.5 Å². The van der Waals surface area contributed by atoms with E-state index >= 15 is 0 Å². The van der Waals surface area contributed by atoms with Crippen molar-refractivity contribution in [1.29, 1.82) is 0 Å². The average Bonchev–Trinajstić information content (AvgIpc) is 3.18. The lowest BCUT2D eigenvalue weighted by Gasteiger charge is -2.42. The summed E-state index contributed by atoms with van der Waals surface area (Å²) in [5.74, 6) is 0.130. The van der Waals surface area contributed by atoms with Gasteiger partial charge < -0.3 is 9.88 Å². The smallest absolute Gasteiger partial charge is 0.331 e. The molecule has 0 radical (unpaired) electrons. The van der Waals surface area contributed by atoms with Crippen LogP contribution in [0.2, 0.25) is 0 Å². The molecule has 1 aliphatic carbocycles. The lowest BCUT2D eigenvalue weighted by atomic mass is 9.79. The molecule has 3 aromatic rings. The lowest BCUT2D eigenvalue weighted by molar-refractivity contribution is 0.0521. The maximum absolute atomic E-state index is 13.7. The fourth-order valence-electron chi connectivity index (χ4n) is 5.52. The molecule has 1 aromatic carbocycles. The molecule has 3 heterocycles. The quantitative estimate of drug-likeness (QED) is 0.692. The van der Waals surface area contributed by atoms with E-state index < -0.39 is 11.2 Å². The van der Waals surface area contributed by atoms with Crippen LogP contribution in [-0.2, 0) is 20.5 Å². The Balaban J connectivity index is 1.63. The first-order chi connectivity index (χ1) is 15.0. The molecular weight excluding hydrogens is 392 g/mol. The molecular formula is C24H28N4O3. The molecule has 1 saturated carbocycles. The molecule has 0 saturated heterocycles. The molecule has 1 aliphatic heterocycles. The van der Waals surface area contributed by atoms with Crippen molar-refractivity contribution in [3.63, 3.8) is 0 Å². The second-order valence-electron chi connectivity index (χ2n) is 8.92. The van der Waals surface area contributed by atoms with Gasteiger partial charge in [-0.2, -0.15) is 0 Å². The van der Waals surface area contributed by atoms with Gasteiger partial charge >= 0.3 is 5.69 Å². The number of benzene rings is 1. The van der Waals surface area contributed by atoms with Crippen molar-refractivity contribution < 1.29 is 4.79 Å². The van der Waals surface area contributed by atoms with Gasteiger partial charge in [0, 0.05) is 43.3 Å². The van der Waals surface area contributed by atoms with Crippen molar-refractivity contribution >= 4 is 16.8 Å². The number of aromatic nitrogens is 3. The number of carbonyl (C=O) groups is 1.